The van der Waals surface area contributed by atoms with Crippen molar-refractivity contribution in [3.63, 3.8) is 0 Å². The van der Waals surface area contributed by atoms with E-state index in [1.807, 2.05) is 30.3 Å². The van der Waals surface area contributed by atoms with E-state index in [1.54, 1.807) is 4.90 Å². The summed E-state index contributed by atoms with van der Waals surface area (Å²) in [5.41, 5.74) is 0.0379. The second-order valence-corrected chi connectivity index (χ2v) is 6.02. The van der Waals surface area contributed by atoms with Crippen LogP contribution in [0, 0.1) is 5.92 Å². The number of hydrogen-bond donors (Lipinski definition) is 1. The van der Waals surface area contributed by atoms with E-state index in [1.165, 1.54) is 6.20 Å². The molecule has 0 spiro atoms. The van der Waals surface area contributed by atoms with Gasteiger partial charge in [0.15, 0.2) is 0 Å². The second kappa shape index (κ2) is 7.13. The van der Waals surface area contributed by atoms with Gasteiger partial charge in [-0.15, -0.1) is 0 Å². The summed E-state index contributed by atoms with van der Waals surface area (Å²) in [6.07, 6.45) is -2.05. The molecule has 0 saturated carbocycles. The van der Waals surface area contributed by atoms with E-state index in [-0.39, 0.29) is 11.8 Å². The van der Waals surface area contributed by atoms with Crippen LogP contribution >= 0.6 is 0 Å². The number of amides is 1. The molecule has 7 heteroatoms. The molecule has 0 unspecified atom stereocenters. The van der Waals surface area contributed by atoms with Crippen LogP contribution in [0.15, 0.2) is 48.7 Å². The Hall–Kier alpha value is -2.57. The molecular formula is C18H18F3N3O. The number of carbonyl (C=O) groups is 1. The van der Waals surface area contributed by atoms with Crippen LogP contribution in [-0.4, -0.2) is 24.0 Å². The number of alkyl halides is 3. The van der Waals surface area contributed by atoms with Gasteiger partial charge in [-0.2, -0.15) is 13.2 Å². The maximum atomic E-state index is 12.8. The highest BCUT2D eigenvalue weighted by atomic mass is 19.4. The van der Waals surface area contributed by atoms with E-state index in [0.29, 0.717) is 31.7 Å². The van der Waals surface area contributed by atoms with E-state index in [0.717, 1.165) is 17.8 Å². The van der Waals surface area contributed by atoms with Crippen molar-refractivity contribution in [3.05, 3.63) is 54.2 Å². The number of benzene rings is 1. The Balaban J connectivity index is 1.59. The van der Waals surface area contributed by atoms with Crippen LogP contribution in [0.4, 0.5) is 24.7 Å². The Morgan fingerprint density at radius 2 is 1.80 bits per heavy atom. The van der Waals surface area contributed by atoms with Gasteiger partial charge >= 0.3 is 6.18 Å². The molecule has 132 valence electrons. The summed E-state index contributed by atoms with van der Waals surface area (Å²) >= 11 is 0. The standard InChI is InChI=1S/C18H18F3N3O/c19-18(20,21)14-6-9-22-16(12-14)24-10-7-13(8-11-24)17(25)23-15-4-2-1-3-5-15/h1-6,9,12-13H,7-8,10-11H2,(H,23,25). The maximum absolute atomic E-state index is 12.8. The number of nitrogens with zero attached hydrogens (tertiary/aromatic N) is 2. The molecule has 1 fully saturated rings. The summed E-state index contributed by atoms with van der Waals surface area (Å²) in [5, 5.41) is 2.87. The predicted octanol–water partition coefficient (Wildman–Crippen LogP) is 3.96. The zero-order chi connectivity index (χ0) is 17.9. The number of pyridine rings is 1. The summed E-state index contributed by atoms with van der Waals surface area (Å²) in [6.45, 7) is 1.00. The first-order valence-electron chi connectivity index (χ1n) is 8.07. The Kier molecular flexibility index (Phi) is 4.92. The molecular weight excluding hydrogens is 331 g/mol. The number of hydrogen-bond acceptors (Lipinski definition) is 3. The number of para-hydroxylation sites is 1. The van der Waals surface area contributed by atoms with E-state index in [9.17, 15) is 18.0 Å². The molecule has 0 bridgehead atoms. The number of halogens is 3. The van der Waals surface area contributed by atoms with Gasteiger partial charge in [-0.25, -0.2) is 4.98 Å². The van der Waals surface area contributed by atoms with Crippen LogP contribution < -0.4 is 10.2 Å². The summed E-state index contributed by atoms with van der Waals surface area (Å²) < 4.78 is 38.4. The Morgan fingerprint density at radius 1 is 1.12 bits per heavy atom. The third-order valence-electron chi connectivity index (χ3n) is 4.30. The zero-order valence-corrected chi connectivity index (χ0v) is 13.5. The molecule has 0 aliphatic carbocycles. The van der Waals surface area contributed by atoms with Crippen molar-refractivity contribution in [1.29, 1.82) is 0 Å². The fourth-order valence-electron chi connectivity index (χ4n) is 2.90. The molecule has 2 heterocycles. The Bertz CT molecular complexity index is 726. The molecule has 25 heavy (non-hydrogen) atoms. The number of carbonyl (C=O) groups excluding carboxylic acids is 1. The highest BCUT2D eigenvalue weighted by molar-refractivity contribution is 5.92. The number of rotatable bonds is 3. The summed E-state index contributed by atoms with van der Waals surface area (Å²) in [5.74, 6) is 0.0989. The van der Waals surface area contributed by atoms with Crippen LogP contribution in [0.1, 0.15) is 18.4 Å². The monoisotopic (exact) mass is 349 g/mol. The number of nitrogens with one attached hydrogen (secondary N) is 1. The van der Waals surface area contributed by atoms with Crippen molar-refractivity contribution in [3.8, 4) is 0 Å². The highest BCUT2D eigenvalue weighted by Crippen LogP contribution is 2.31. The fraction of sp³-hybridized carbons (Fsp3) is 0.333. The van der Waals surface area contributed by atoms with Crippen molar-refractivity contribution in [1.82, 2.24) is 4.98 Å². The Labute approximate surface area is 143 Å². The van der Waals surface area contributed by atoms with Gasteiger partial charge in [0.1, 0.15) is 5.82 Å². The third-order valence-corrected chi connectivity index (χ3v) is 4.30. The lowest BCUT2D eigenvalue weighted by atomic mass is 9.95. The average molecular weight is 349 g/mol. The molecule has 1 aliphatic heterocycles. The Morgan fingerprint density at radius 3 is 2.44 bits per heavy atom. The van der Waals surface area contributed by atoms with E-state index < -0.39 is 11.7 Å². The lowest BCUT2D eigenvalue weighted by molar-refractivity contribution is -0.137. The number of anilines is 2. The third kappa shape index (κ3) is 4.29. The summed E-state index contributed by atoms with van der Waals surface area (Å²) in [6, 6.07) is 11.2. The quantitative estimate of drug-likeness (QED) is 0.912. The van der Waals surface area contributed by atoms with Gasteiger partial charge in [-0.1, -0.05) is 18.2 Å². The van der Waals surface area contributed by atoms with E-state index in [2.05, 4.69) is 10.3 Å². The molecule has 3 rings (SSSR count). The van der Waals surface area contributed by atoms with Gasteiger partial charge in [0.25, 0.3) is 0 Å². The molecule has 0 radical (unpaired) electrons. The first-order chi connectivity index (χ1) is 11.9. The van der Waals surface area contributed by atoms with Crippen molar-refractivity contribution >= 4 is 17.4 Å². The minimum absolute atomic E-state index is 0.0529. The van der Waals surface area contributed by atoms with Crippen LogP contribution in [0.3, 0.4) is 0 Å². The van der Waals surface area contributed by atoms with E-state index >= 15 is 0 Å². The van der Waals surface area contributed by atoms with Crippen LogP contribution in [-0.2, 0) is 11.0 Å². The van der Waals surface area contributed by atoms with Crippen LogP contribution in [0.25, 0.3) is 0 Å². The highest BCUT2D eigenvalue weighted by Gasteiger charge is 2.32. The summed E-state index contributed by atoms with van der Waals surface area (Å²) in [4.78, 5) is 18.1. The molecule has 0 atom stereocenters. The minimum atomic E-state index is -4.38. The fourth-order valence-corrected chi connectivity index (χ4v) is 2.90. The van der Waals surface area contributed by atoms with Gasteiger partial charge in [0.2, 0.25) is 5.91 Å². The lowest BCUT2D eigenvalue weighted by Gasteiger charge is -2.32. The SMILES string of the molecule is O=C(Nc1ccccc1)C1CCN(c2cc(C(F)(F)F)ccn2)CC1. The number of aromatic nitrogens is 1. The average Bonchev–Trinajstić information content (AvgIpc) is 2.62. The van der Waals surface area contributed by atoms with Gasteiger partial charge in [0.05, 0.1) is 5.56 Å². The zero-order valence-electron chi connectivity index (χ0n) is 13.5. The van der Waals surface area contributed by atoms with Gasteiger partial charge in [-0.05, 0) is 37.1 Å². The van der Waals surface area contributed by atoms with Gasteiger partial charge in [-0.3, -0.25) is 4.79 Å². The molecule has 1 aromatic carbocycles. The van der Waals surface area contributed by atoms with Crippen molar-refractivity contribution < 1.29 is 18.0 Å². The molecule has 1 N–H and O–H groups in total. The lowest BCUT2D eigenvalue weighted by Crippen LogP contribution is -2.38. The summed E-state index contributed by atoms with van der Waals surface area (Å²) in [7, 11) is 0. The molecule has 1 amide bonds. The first kappa shape index (κ1) is 17.3. The van der Waals surface area contributed by atoms with Crippen LogP contribution in [0.2, 0.25) is 0 Å². The van der Waals surface area contributed by atoms with Crippen LogP contribution in [0.5, 0.6) is 0 Å². The predicted molar refractivity (Wildman–Crippen MR) is 89.2 cm³/mol. The largest absolute Gasteiger partial charge is 0.416 e. The van der Waals surface area contributed by atoms with Crippen molar-refractivity contribution in [2.75, 3.05) is 23.3 Å². The first-order valence-corrected chi connectivity index (χ1v) is 8.07. The second-order valence-electron chi connectivity index (χ2n) is 6.02. The minimum Gasteiger partial charge on any atom is -0.357 e. The molecule has 4 nitrogen and oxygen atoms in total. The molecule has 1 aromatic heterocycles. The van der Waals surface area contributed by atoms with E-state index in [4.69, 9.17) is 0 Å². The van der Waals surface area contributed by atoms with Crippen molar-refractivity contribution in [2.24, 2.45) is 5.92 Å². The number of piperidine rings is 1. The van der Waals surface area contributed by atoms with Gasteiger partial charge < -0.3 is 10.2 Å². The smallest absolute Gasteiger partial charge is 0.357 e. The molecule has 2 aromatic rings. The molecule has 1 aliphatic rings. The maximum Gasteiger partial charge on any atom is 0.416 e. The normalized spacial score (nSPS) is 15.9. The van der Waals surface area contributed by atoms with Gasteiger partial charge in [0, 0.05) is 30.9 Å². The van der Waals surface area contributed by atoms with Crippen molar-refractivity contribution in [2.45, 2.75) is 19.0 Å². The molecule has 1 saturated heterocycles. The topological polar surface area (TPSA) is 45.2 Å².